The Bertz CT molecular complexity index is 167. The largest absolute Gasteiger partial charge is 0.0845 e. The van der Waals surface area contributed by atoms with Gasteiger partial charge in [0.05, 0.1) is 0 Å². The molecular formula is C7H7Br. The highest BCUT2D eigenvalue weighted by atomic mass is 79.9. The Morgan fingerprint density at radius 2 is 2.50 bits per heavy atom. The van der Waals surface area contributed by atoms with Gasteiger partial charge in [0, 0.05) is 10.7 Å². The molecule has 0 aromatic heterocycles. The number of hydrogen-bond acceptors (Lipinski definition) is 0. The first kappa shape index (κ1) is 4.80. The summed E-state index contributed by atoms with van der Waals surface area (Å²) in [6.07, 6.45) is 8.03. The molecule has 0 radical (unpaired) electrons. The van der Waals surface area contributed by atoms with Crippen LogP contribution >= 0.6 is 15.9 Å². The van der Waals surface area contributed by atoms with E-state index >= 15 is 0 Å². The number of halogens is 1. The predicted octanol–water partition coefficient (Wildman–Crippen LogP) is 2.27. The van der Waals surface area contributed by atoms with Gasteiger partial charge < -0.3 is 0 Å². The molecule has 0 bridgehead atoms. The van der Waals surface area contributed by atoms with E-state index in [1.54, 1.807) is 5.57 Å². The molecule has 42 valence electrons. The lowest BCUT2D eigenvalue weighted by molar-refractivity contribution is 0.783. The zero-order valence-electron chi connectivity index (χ0n) is 4.47. The van der Waals surface area contributed by atoms with Gasteiger partial charge in [-0.15, -0.1) is 0 Å². The fourth-order valence-corrected chi connectivity index (χ4v) is 1.66. The number of hydrogen-bond donors (Lipinski definition) is 0. The molecule has 1 heteroatoms. The average molecular weight is 171 g/mol. The van der Waals surface area contributed by atoms with Crippen molar-refractivity contribution in [1.82, 2.24) is 0 Å². The molecule has 0 amide bonds. The molecule has 0 saturated carbocycles. The van der Waals surface area contributed by atoms with Crippen molar-refractivity contribution in [3.8, 4) is 0 Å². The van der Waals surface area contributed by atoms with Gasteiger partial charge in [0.1, 0.15) is 0 Å². The van der Waals surface area contributed by atoms with Crippen LogP contribution in [0.15, 0.2) is 23.8 Å². The molecule has 2 aliphatic rings. The van der Waals surface area contributed by atoms with Crippen LogP contribution in [-0.4, -0.2) is 4.83 Å². The number of fused-ring (bicyclic) bond motifs is 1. The van der Waals surface area contributed by atoms with Crippen molar-refractivity contribution in [2.45, 2.75) is 11.2 Å². The van der Waals surface area contributed by atoms with Crippen LogP contribution in [0.1, 0.15) is 6.42 Å². The van der Waals surface area contributed by atoms with E-state index in [4.69, 9.17) is 0 Å². The standard InChI is InChI=1S/C7H7Br/c8-7-2-1-5-3-6(5)4-7/h1-3,6-7H,4H2/t6-,7?/m1/s1. The fourth-order valence-electron chi connectivity index (χ4n) is 1.10. The minimum absolute atomic E-state index is 0.634. The van der Waals surface area contributed by atoms with Crippen LogP contribution in [0.4, 0.5) is 0 Å². The summed E-state index contributed by atoms with van der Waals surface area (Å²) >= 11 is 3.54. The smallest absolute Gasteiger partial charge is 0.0337 e. The lowest BCUT2D eigenvalue weighted by Gasteiger charge is -2.06. The third kappa shape index (κ3) is 0.655. The first-order valence-corrected chi connectivity index (χ1v) is 3.82. The molecule has 2 rings (SSSR count). The predicted molar refractivity (Wildman–Crippen MR) is 38.0 cm³/mol. The summed E-state index contributed by atoms with van der Waals surface area (Å²) in [5, 5.41) is 0. The minimum Gasteiger partial charge on any atom is -0.0845 e. The van der Waals surface area contributed by atoms with Crippen LogP contribution in [0.5, 0.6) is 0 Å². The van der Waals surface area contributed by atoms with Crippen LogP contribution in [0.2, 0.25) is 0 Å². The van der Waals surface area contributed by atoms with Gasteiger partial charge in [-0.1, -0.05) is 34.2 Å². The van der Waals surface area contributed by atoms with E-state index in [1.807, 2.05) is 0 Å². The number of alkyl halides is 1. The third-order valence-electron chi connectivity index (χ3n) is 1.69. The summed E-state index contributed by atoms with van der Waals surface area (Å²) in [6.45, 7) is 0. The first-order valence-electron chi connectivity index (χ1n) is 2.90. The van der Waals surface area contributed by atoms with E-state index in [2.05, 4.69) is 34.2 Å². The zero-order valence-corrected chi connectivity index (χ0v) is 6.06. The SMILES string of the molecule is BrC1C=CC2=C[C@@H]2C1. The lowest BCUT2D eigenvalue weighted by atomic mass is 10.1. The molecule has 1 unspecified atom stereocenters. The first-order chi connectivity index (χ1) is 3.86. The van der Waals surface area contributed by atoms with Crippen molar-refractivity contribution in [3.63, 3.8) is 0 Å². The maximum Gasteiger partial charge on any atom is 0.0337 e. The van der Waals surface area contributed by atoms with Crippen LogP contribution in [0.3, 0.4) is 0 Å². The van der Waals surface area contributed by atoms with Gasteiger partial charge in [0.25, 0.3) is 0 Å². The van der Waals surface area contributed by atoms with Gasteiger partial charge in [-0.2, -0.15) is 0 Å². The fraction of sp³-hybridized carbons (Fsp3) is 0.429. The molecular weight excluding hydrogens is 164 g/mol. The molecule has 0 fully saturated rings. The summed E-state index contributed by atoms with van der Waals surface area (Å²) in [5.41, 5.74) is 1.54. The van der Waals surface area contributed by atoms with Crippen molar-refractivity contribution in [3.05, 3.63) is 23.8 Å². The number of rotatable bonds is 0. The monoisotopic (exact) mass is 170 g/mol. The molecule has 0 heterocycles. The van der Waals surface area contributed by atoms with Gasteiger partial charge in [-0.05, 0) is 12.0 Å². The quantitative estimate of drug-likeness (QED) is 0.490. The maximum absolute atomic E-state index is 3.54. The molecule has 0 nitrogen and oxygen atoms in total. The average Bonchev–Trinajstić information content (AvgIpc) is 2.43. The normalized spacial score (nSPS) is 40.9. The Hall–Kier alpha value is -0.0400. The van der Waals surface area contributed by atoms with Gasteiger partial charge in [0.2, 0.25) is 0 Å². The second kappa shape index (κ2) is 1.47. The summed E-state index contributed by atoms with van der Waals surface area (Å²) in [6, 6.07) is 0. The molecule has 0 aliphatic heterocycles. The highest BCUT2D eigenvalue weighted by Gasteiger charge is 2.27. The minimum atomic E-state index is 0.634. The van der Waals surface area contributed by atoms with Gasteiger partial charge in [0.15, 0.2) is 0 Å². The molecule has 0 aromatic rings. The second-order valence-electron chi connectivity index (χ2n) is 2.38. The Morgan fingerprint density at radius 1 is 1.62 bits per heavy atom. The summed E-state index contributed by atoms with van der Waals surface area (Å²) in [4.78, 5) is 0.634. The molecule has 8 heavy (non-hydrogen) atoms. The summed E-state index contributed by atoms with van der Waals surface area (Å²) in [5.74, 6) is 0.837. The van der Waals surface area contributed by atoms with E-state index < -0.39 is 0 Å². The molecule has 0 aromatic carbocycles. The van der Waals surface area contributed by atoms with Crippen LogP contribution in [0, 0.1) is 5.92 Å². The van der Waals surface area contributed by atoms with Crippen LogP contribution in [-0.2, 0) is 0 Å². The third-order valence-corrected chi connectivity index (χ3v) is 2.37. The zero-order chi connectivity index (χ0) is 5.56. The van der Waals surface area contributed by atoms with Crippen molar-refractivity contribution >= 4 is 15.9 Å². The Kier molecular flexibility index (Phi) is 0.884. The molecule has 0 saturated heterocycles. The van der Waals surface area contributed by atoms with E-state index in [0.717, 1.165) is 5.92 Å². The van der Waals surface area contributed by atoms with Gasteiger partial charge >= 0.3 is 0 Å². The van der Waals surface area contributed by atoms with Gasteiger partial charge in [-0.3, -0.25) is 0 Å². The van der Waals surface area contributed by atoms with Crippen LogP contribution in [0.25, 0.3) is 0 Å². The Balaban J connectivity index is 2.16. The highest BCUT2D eigenvalue weighted by molar-refractivity contribution is 9.09. The second-order valence-corrected chi connectivity index (χ2v) is 3.56. The highest BCUT2D eigenvalue weighted by Crippen LogP contribution is 2.39. The number of allylic oxidation sites excluding steroid dienone is 4. The van der Waals surface area contributed by atoms with Crippen molar-refractivity contribution in [2.24, 2.45) is 5.92 Å². The molecule has 2 aliphatic carbocycles. The summed E-state index contributed by atoms with van der Waals surface area (Å²) in [7, 11) is 0. The van der Waals surface area contributed by atoms with Crippen LogP contribution < -0.4 is 0 Å². The topological polar surface area (TPSA) is 0 Å². The molecule has 0 spiro atoms. The summed E-state index contributed by atoms with van der Waals surface area (Å²) < 4.78 is 0. The molecule has 0 N–H and O–H groups in total. The van der Waals surface area contributed by atoms with Crippen molar-refractivity contribution < 1.29 is 0 Å². The van der Waals surface area contributed by atoms with E-state index in [-0.39, 0.29) is 0 Å². The maximum atomic E-state index is 3.54. The molecule has 2 atom stereocenters. The Morgan fingerprint density at radius 3 is 3.12 bits per heavy atom. The van der Waals surface area contributed by atoms with E-state index in [9.17, 15) is 0 Å². The van der Waals surface area contributed by atoms with Gasteiger partial charge in [-0.25, -0.2) is 0 Å². The Labute approximate surface area is 57.4 Å². The van der Waals surface area contributed by atoms with Crippen molar-refractivity contribution in [2.75, 3.05) is 0 Å². The van der Waals surface area contributed by atoms with Crippen molar-refractivity contribution in [1.29, 1.82) is 0 Å². The lowest BCUT2D eigenvalue weighted by Crippen LogP contribution is -1.99. The van der Waals surface area contributed by atoms with E-state index in [0.29, 0.717) is 4.83 Å². The van der Waals surface area contributed by atoms with E-state index in [1.165, 1.54) is 6.42 Å².